The smallest absolute Gasteiger partial charge is 0.224 e. The highest BCUT2D eigenvalue weighted by molar-refractivity contribution is 5.77. The molecule has 0 amide bonds. The fourth-order valence-corrected chi connectivity index (χ4v) is 2.93. The number of hydrogen-bond acceptors (Lipinski definition) is 7. The van der Waals surface area contributed by atoms with Gasteiger partial charge in [0.2, 0.25) is 12.2 Å². The van der Waals surface area contributed by atoms with Crippen molar-refractivity contribution in [2.45, 2.75) is 19.3 Å². The molecule has 0 bridgehead atoms. The highest BCUT2D eigenvalue weighted by Crippen LogP contribution is 2.33. The second-order valence-electron chi connectivity index (χ2n) is 6.82. The molecule has 30 heavy (non-hydrogen) atoms. The first kappa shape index (κ1) is 19.7. The number of hydrogen-bond donors (Lipinski definition) is 2. The first-order valence-electron chi connectivity index (χ1n) is 9.28. The Labute approximate surface area is 172 Å². The molecule has 8 nitrogen and oxygen atoms in total. The molecular weight excluding hydrogens is 387 g/mol. The zero-order valence-electron chi connectivity index (χ0n) is 16.2. The monoisotopic (exact) mass is 406 g/mol. The number of rotatable bonds is 5. The Bertz CT molecular complexity index is 1100. The van der Waals surface area contributed by atoms with Gasteiger partial charge >= 0.3 is 0 Å². The van der Waals surface area contributed by atoms with Crippen LogP contribution in [0.3, 0.4) is 0 Å². The topological polar surface area (TPSA) is 109 Å². The Morgan fingerprint density at radius 1 is 1.23 bits per heavy atom. The molecule has 0 radical (unpaired) electrons. The van der Waals surface area contributed by atoms with E-state index in [-0.39, 0.29) is 5.82 Å². The number of imidazole rings is 1. The van der Waals surface area contributed by atoms with E-state index in [0.29, 0.717) is 47.6 Å². The van der Waals surface area contributed by atoms with Gasteiger partial charge in [0.1, 0.15) is 11.9 Å². The van der Waals surface area contributed by atoms with Crippen molar-refractivity contribution in [3.8, 4) is 28.7 Å². The number of ether oxygens (including phenoxy) is 2. The molecule has 1 atom stereocenters. The van der Waals surface area contributed by atoms with Crippen LogP contribution >= 0.6 is 0 Å². The Morgan fingerprint density at radius 2 is 1.97 bits per heavy atom. The van der Waals surface area contributed by atoms with E-state index < -0.39 is 12.3 Å². The normalized spacial score (nSPS) is 15.6. The van der Waals surface area contributed by atoms with Crippen molar-refractivity contribution in [3.63, 3.8) is 0 Å². The second kappa shape index (κ2) is 8.41. The summed E-state index contributed by atoms with van der Waals surface area (Å²) in [7, 11) is 0. The molecule has 1 aliphatic rings. The average Bonchev–Trinajstić information content (AvgIpc) is 3.20. The number of aromatic amines is 1. The Balaban J connectivity index is 1.76. The first-order valence-corrected chi connectivity index (χ1v) is 9.28. The zero-order valence-corrected chi connectivity index (χ0v) is 16.2. The van der Waals surface area contributed by atoms with Gasteiger partial charge in [0.05, 0.1) is 36.4 Å². The van der Waals surface area contributed by atoms with Crippen molar-refractivity contribution < 1.29 is 13.9 Å². The number of benzene rings is 1. The minimum absolute atomic E-state index is 0.309. The number of halogens is 1. The van der Waals surface area contributed by atoms with Crippen molar-refractivity contribution in [2.75, 3.05) is 18.5 Å². The highest BCUT2D eigenvalue weighted by atomic mass is 19.1. The molecule has 1 aromatic carbocycles. The third-order valence-corrected chi connectivity index (χ3v) is 4.39. The first-order chi connectivity index (χ1) is 14.5. The standard InChI is InChI=1S/C21H19FN6O2/c1-12-10-29-20(30-11-12)19-27-17(14-3-5-15(22)6-4-14)18(28-19)16-7-8-24-21(26-16)25-13(2)9-23/h3-8,13,20H,1,10-11H2,2H3,(H,27,28)(H,24,25,26). The third kappa shape index (κ3) is 4.20. The molecule has 3 heterocycles. The second-order valence-corrected chi connectivity index (χ2v) is 6.82. The van der Waals surface area contributed by atoms with Crippen LogP contribution in [0, 0.1) is 17.1 Å². The number of anilines is 1. The lowest BCUT2D eigenvalue weighted by atomic mass is 10.1. The van der Waals surface area contributed by atoms with Crippen LogP contribution in [0.15, 0.2) is 48.7 Å². The van der Waals surface area contributed by atoms with Crippen LogP contribution in [0.2, 0.25) is 0 Å². The van der Waals surface area contributed by atoms with Crippen molar-refractivity contribution in [3.05, 3.63) is 60.3 Å². The quantitative estimate of drug-likeness (QED) is 0.623. The lowest BCUT2D eigenvalue weighted by molar-refractivity contribution is -0.165. The Hall–Kier alpha value is -3.61. The summed E-state index contributed by atoms with van der Waals surface area (Å²) in [4.78, 5) is 16.5. The van der Waals surface area contributed by atoms with Crippen LogP contribution in [0.1, 0.15) is 19.0 Å². The van der Waals surface area contributed by atoms with E-state index in [9.17, 15) is 4.39 Å². The predicted octanol–water partition coefficient (Wildman–Crippen LogP) is 3.60. The van der Waals surface area contributed by atoms with E-state index in [4.69, 9.17) is 14.7 Å². The Kier molecular flexibility index (Phi) is 5.52. The molecule has 1 unspecified atom stereocenters. The zero-order chi connectivity index (χ0) is 21.1. The Morgan fingerprint density at radius 3 is 2.67 bits per heavy atom. The molecule has 0 spiro atoms. The highest BCUT2D eigenvalue weighted by Gasteiger charge is 2.25. The summed E-state index contributed by atoms with van der Waals surface area (Å²) >= 11 is 0. The van der Waals surface area contributed by atoms with Crippen LogP contribution in [-0.2, 0) is 9.47 Å². The molecule has 3 aromatic rings. The average molecular weight is 406 g/mol. The summed E-state index contributed by atoms with van der Waals surface area (Å²) in [6.07, 6.45) is 0.905. The van der Waals surface area contributed by atoms with Crippen LogP contribution < -0.4 is 5.32 Å². The number of nitrogens with one attached hydrogen (secondary N) is 2. The predicted molar refractivity (Wildman–Crippen MR) is 107 cm³/mol. The number of H-pyrrole nitrogens is 1. The molecule has 152 valence electrons. The van der Waals surface area contributed by atoms with Gasteiger partial charge in [0.15, 0.2) is 5.82 Å². The van der Waals surface area contributed by atoms with Crippen molar-refractivity contribution in [2.24, 2.45) is 0 Å². The van der Waals surface area contributed by atoms with E-state index in [0.717, 1.165) is 5.57 Å². The SMILES string of the molecule is C=C1COC(c2nc(-c3ccc(F)cc3)c(-c3ccnc(NC(C)C#N)n3)[nH]2)OC1. The lowest BCUT2D eigenvalue weighted by Crippen LogP contribution is -2.20. The molecule has 2 aromatic heterocycles. The minimum atomic E-state index is -0.679. The number of aromatic nitrogens is 4. The molecule has 2 N–H and O–H groups in total. The summed E-state index contributed by atoms with van der Waals surface area (Å²) in [6, 6.07) is 9.36. The largest absolute Gasteiger partial charge is 0.341 e. The van der Waals surface area contributed by atoms with Gasteiger partial charge in [-0.3, -0.25) is 0 Å². The summed E-state index contributed by atoms with van der Waals surface area (Å²) in [6.45, 7) is 6.30. The summed E-state index contributed by atoms with van der Waals surface area (Å²) in [5.41, 5.74) is 3.27. The van der Waals surface area contributed by atoms with Crippen molar-refractivity contribution in [1.82, 2.24) is 19.9 Å². The molecule has 0 aliphatic carbocycles. The molecule has 0 saturated carbocycles. The van der Waals surface area contributed by atoms with Gasteiger partial charge in [-0.1, -0.05) is 6.58 Å². The fourth-order valence-electron chi connectivity index (χ4n) is 2.93. The van der Waals surface area contributed by atoms with E-state index in [1.165, 1.54) is 12.1 Å². The van der Waals surface area contributed by atoms with E-state index >= 15 is 0 Å². The van der Waals surface area contributed by atoms with Gasteiger partial charge in [-0.2, -0.15) is 5.26 Å². The van der Waals surface area contributed by atoms with Crippen LogP contribution in [0.25, 0.3) is 22.6 Å². The maximum absolute atomic E-state index is 13.4. The lowest BCUT2D eigenvalue weighted by Gasteiger charge is -2.22. The van der Waals surface area contributed by atoms with Gasteiger partial charge in [-0.05, 0) is 42.8 Å². The van der Waals surface area contributed by atoms with Gasteiger partial charge in [-0.25, -0.2) is 19.3 Å². The van der Waals surface area contributed by atoms with E-state index in [2.05, 4.69) is 37.9 Å². The summed E-state index contributed by atoms with van der Waals surface area (Å²) in [5.74, 6) is 0.437. The van der Waals surface area contributed by atoms with Crippen LogP contribution in [0.4, 0.5) is 10.3 Å². The van der Waals surface area contributed by atoms with E-state index in [1.54, 1.807) is 31.3 Å². The fraction of sp³-hybridized carbons (Fsp3) is 0.238. The number of nitrogens with zero attached hydrogens (tertiary/aromatic N) is 4. The number of nitriles is 1. The summed E-state index contributed by atoms with van der Waals surface area (Å²) in [5, 5.41) is 11.9. The maximum Gasteiger partial charge on any atom is 0.224 e. The molecule has 1 fully saturated rings. The van der Waals surface area contributed by atoms with Gasteiger partial charge in [0.25, 0.3) is 0 Å². The molecule has 9 heteroatoms. The summed E-state index contributed by atoms with van der Waals surface area (Å²) < 4.78 is 24.8. The van der Waals surface area contributed by atoms with Crippen molar-refractivity contribution in [1.29, 1.82) is 5.26 Å². The van der Waals surface area contributed by atoms with Crippen molar-refractivity contribution >= 4 is 5.95 Å². The third-order valence-electron chi connectivity index (χ3n) is 4.39. The maximum atomic E-state index is 13.4. The van der Waals surface area contributed by atoms with Crippen LogP contribution in [-0.4, -0.2) is 39.2 Å². The molecular formula is C21H19FN6O2. The van der Waals surface area contributed by atoms with Gasteiger partial charge in [-0.15, -0.1) is 0 Å². The molecule has 1 aliphatic heterocycles. The van der Waals surface area contributed by atoms with Crippen LogP contribution in [0.5, 0.6) is 0 Å². The minimum Gasteiger partial charge on any atom is -0.341 e. The van der Waals surface area contributed by atoms with Gasteiger partial charge in [0, 0.05) is 11.8 Å². The van der Waals surface area contributed by atoms with Gasteiger partial charge < -0.3 is 19.8 Å². The molecule has 4 rings (SSSR count). The molecule has 1 saturated heterocycles. The van der Waals surface area contributed by atoms with E-state index in [1.807, 2.05) is 0 Å².